The second kappa shape index (κ2) is 4.50. The second-order valence-electron chi connectivity index (χ2n) is 4.03. The number of hydrogen-bond acceptors (Lipinski definition) is 1. The Morgan fingerprint density at radius 2 is 1.71 bits per heavy atom. The third-order valence-corrected chi connectivity index (χ3v) is 3.10. The van der Waals surface area contributed by atoms with Gasteiger partial charge in [0.15, 0.2) is 0 Å². The summed E-state index contributed by atoms with van der Waals surface area (Å²) in [6.07, 6.45) is 3.48. The number of phenols is 1. The summed E-state index contributed by atoms with van der Waals surface area (Å²) < 4.78 is 0. The van der Waals surface area contributed by atoms with Gasteiger partial charge < -0.3 is 5.11 Å². The summed E-state index contributed by atoms with van der Waals surface area (Å²) in [6, 6.07) is 1.92. The highest BCUT2D eigenvalue weighted by Crippen LogP contribution is 2.27. The van der Waals surface area contributed by atoms with E-state index in [4.69, 9.17) is 0 Å². The van der Waals surface area contributed by atoms with Crippen LogP contribution in [0.1, 0.15) is 42.0 Å². The van der Waals surface area contributed by atoms with Gasteiger partial charge in [-0.1, -0.05) is 13.3 Å². The molecule has 1 heteroatoms. The van der Waals surface area contributed by atoms with Crippen LogP contribution in [0.15, 0.2) is 6.07 Å². The normalized spacial score (nSPS) is 10.6. The third kappa shape index (κ3) is 2.09. The molecular weight excluding hydrogens is 172 g/mol. The van der Waals surface area contributed by atoms with Gasteiger partial charge in [-0.3, -0.25) is 0 Å². The molecule has 14 heavy (non-hydrogen) atoms. The van der Waals surface area contributed by atoms with Crippen molar-refractivity contribution < 1.29 is 5.11 Å². The zero-order valence-corrected chi connectivity index (χ0v) is 9.65. The van der Waals surface area contributed by atoms with Crippen LogP contribution in [0.2, 0.25) is 0 Å². The molecule has 0 unspecified atom stereocenters. The Bertz CT molecular complexity index is 326. The van der Waals surface area contributed by atoms with Gasteiger partial charge in [-0.05, 0) is 61.9 Å². The molecule has 0 aliphatic rings. The quantitative estimate of drug-likeness (QED) is 0.775. The Kier molecular flexibility index (Phi) is 3.56. The first-order valence-corrected chi connectivity index (χ1v) is 5.36. The van der Waals surface area contributed by atoms with Crippen molar-refractivity contribution in [2.45, 2.75) is 47.0 Å². The van der Waals surface area contributed by atoms with Gasteiger partial charge in [-0.2, -0.15) is 0 Å². The van der Waals surface area contributed by atoms with Gasteiger partial charge in [-0.25, -0.2) is 0 Å². The van der Waals surface area contributed by atoms with Crippen LogP contribution in [0.4, 0.5) is 0 Å². The van der Waals surface area contributed by atoms with Gasteiger partial charge in [0.1, 0.15) is 5.75 Å². The first-order valence-electron chi connectivity index (χ1n) is 5.36. The van der Waals surface area contributed by atoms with E-state index in [9.17, 15) is 5.11 Å². The maximum atomic E-state index is 9.70. The Hall–Kier alpha value is -0.980. The first-order chi connectivity index (χ1) is 6.57. The molecule has 0 aromatic heterocycles. The Morgan fingerprint density at radius 1 is 1.07 bits per heavy atom. The van der Waals surface area contributed by atoms with Gasteiger partial charge >= 0.3 is 0 Å². The molecule has 1 nitrogen and oxygen atoms in total. The lowest BCUT2D eigenvalue weighted by atomic mass is 9.95. The van der Waals surface area contributed by atoms with Gasteiger partial charge in [0, 0.05) is 0 Å². The summed E-state index contributed by atoms with van der Waals surface area (Å²) in [5.74, 6) is 0.444. The van der Waals surface area contributed by atoms with E-state index in [-0.39, 0.29) is 0 Å². The van der Waals surface area contributed by atoms with Crippen LogP contribution in [0.3, 0.4) is 0 Å². The predicted octanol–water partition coefficient (Wildman–Crippen LogP) is 3.66. The largest absolute Gasteiger partial charge is 0.508 e. The number of phenolic OH excluding ortho intramolecular Hbond substituents is 1. The fourth-order valence-corrected chi connectivity index (χ4v) is 1.72. The van der Waals surface area contributed by atoms with E-state index in [0.717, 1.165) is 12.0 Å². The van der Waals surface area contributed by atoms with E-state index in [1.807, 2.05) is 13.0 Å². The van der Waals surface area contributed by atoms with Crippen molar-refractivity contribution in [2.75, 3.05) is 0 Å². The van der Waals surface area contributed by atoms with E-state index in [1.165, 1.54) is 29.5 Å². The second-order valence-corrected chi connectivity index (χ2v) is 4.03. The molecule has 0 amide bonds. The van der Waals surface area contributed by atoms with Crippen molar-refractivity contribution in [1.29, 1.82) is 0 Å². The third-order valence-electron chi connectivity index (χ3n) is 3.10. The molecular formula is C13H20O. The van der Waals surface area contributed by atoms with Crippen molar-refractivity contribution in [2.24, 2.45) is 0 Å². The number of hydrogen-bond donors (Lipinski definition) is 1. The summed E-state index contributed by atoms with van der Waals surface area (Å²) in [5.41, 5.74) is 4.89. The van der Waals surface area contributed by atoms with Crippen molar-refractivity contribution in [3.63, 3.8) is 0 Å². The van der Waals surface area contributed by atoms with E-state index in [2.05, 4.69) is 20.8 Å². The van der Waals surface area contributed by atoms with Gasteiger partial charge in [0.25, 0.3) is 0 Å². The summed E-state index contributed by atoms with van der Waals surface area (Å²) in [4.78, 5) is 0. The van der Waals surface area contributed by atoms with Crippen molar-refractivity contribution >= 4 is 0 Å². The minimum absolute atomic E-state index is 0.444. The van der Waals surface area contributed by atoms with E-state index in [0.29, 0.717) is 5.75 Å². The zero-order chi connectivity index (χ0) is 10.7. The van der Waals surface area contributed by atoms with E-state index < -0.39 is 0 Å². The van der Waals surface area contributed by atoms with Crippen LogP contribution < -0.4 is 0 Å². The van der Waals surface area contributed by atoms with Crippen molar-refractivity contribution in [1.82, 2.24) is 0 Å². The molecule has 0 spiro atoms. The molecule has 1 aromatic rings. The fraction of sp³-hybridized carbons (Fsp3) is 0.538. The lowest BCUT2D eigenvalue weighted by Crippen LogP contribution is -1.95. The minimum Gasteiger partial charge on any atom is -0.508 e. The van der Waals surface area contributed by atoms with Gasteiger partial charge in [-0.15, -0.1) is 0 Å². The van der Waals surface area contributed by atoms with Crippen LogP contribution in [0.25, 0.3) is 0 Å². The lowest BCUT2D eigenvalue weighted by molar-refractivity contribution is 0.469. The molecule has 0 atom stereocenters. The average Bonchev–Trinajstić information content (AvgIpc) is 2.18. The molecule has 0 saturated heterocycles. The van der Waals surface area contributed by atoms with Gasteiger partial charge in [0.05, 0.1) is 0 Å². The highest BCUT2D eigenvalue weighted by Gasteiger charge is 2.07. The zero-order valence-electron chi connectivity index (χ0n) is 9.65. The van der Waals surface area contributed by atoms with E-state index >= 15 is 0 Å². The van der Waals surface area contributed by atoms with Crippen LogP contribution in [-0.4, -0.2) is 5.11 Å². The van der Waals surface area contributed by atoms with Crippen LogP contribution >= 0.6 is 0 Å². The Labute approximate surface area is 86.8 Å². The molecule has 0 radical (unpaired) electrons. The molecule has 0 saturated carbocycles. The minimum atomic E-state index is 0.444. The molecule has 0 bridgehead atoms. The van der Waals surface area contributed by atoms with Crippen molar-refractivity contribution in [3.8, 4) is 5.75 Å². The maximum absolute atomic E-state index is 9.70. The number of aromatic hydroxyl groups is 1. The highest BCUT2D eigenvalue weighted by atomic mass is 16.3. The summed E-state index contributed by atoms with van der Waals surface area (Å²) in [7, 11) is 0. The Balaban J connectivity index is 3.06. The molecule has 78 valence electrons. The molecule has 0 heterocycles. The smallest absolute Gasteiger partial charge is 0.119 e. The SMILES string of the molecule is CCCCc1cc(O)c(C)c(C)c1C. The number of rotatable bonds is 3. The molecule has 1 N–H and O–H groups in total. The van der Waals surface area contributed by atoms with Crippen LogP contribution in [-0.2, 0) is 6.42 Å². The van der Waals surface area contributed by atoms with Crippen LogP contribution in [0.5, 0.6) is 5.75 Å². The molecule has 0 fully saturated rings. The Morgan fingerprint density at radius 3 is 2.29 bits per heavy atom. The topological polar surface area (TPSA) is 20.2 Å². The maximum Gasteiger partial charge on any atom is 0.119 e. The standard InChI is InChI=1S/C13H20O/c1-5-6-7-12-8-13(14)11(4)9(2)10(12)3/h8,14H,5-7H2,1-4H3. The monoisotopic (exact) mass is 192 g/mol. The van der Waals surface area contributed by atoms with E-state index in [1.54, 1.807) is 0 Å². The highest BCUT2D eigenvalue weighted by molar-refractivity contribution is 5.47. The lowest BCUT2D eigenvalue weighted by Gasteiger charge is -2.12. The van der Waals surface area contributed by atoms with Gasteiger partial charge in [0.2, 0.25) is 0 Å². The van der Waals surface area contributed by atoms with Crippen molar-refractivity contribution in [3.05, 3.63) is 28.3 Å². The average molecular weight is 192 g/mol. The number of unbranched alkanes of at least 4 members (excludes halogenated alkanes) is 1. The first kappa shape index (κ1) is 11.1. The molecule has 1 rings (SSSR count). The summed E-state index contributed by atoms with van der Waals surface area (Å²) >= 11 is 0. The fourth-order valence-electron chi connectivity index (χ4n) is 1.72. The molecule has 0 aliphatic carbocycles. The summed E-state index contributed by atoms with van der Waals surface area (Å²) in [6.45, 7) is 8.39. The number of aryl methyl sites for hydroxylation is 1. The van der Waals surface area contributed by atoms with Crippen LogP contribution in [0, 0.1) is 20.8 Å². The predicted molar refractivity (Wildman–Crippen MR) is 60.9 cm³/mol. The molecule has 1 aromatic carbocycles. The molecule has 0 aliphatic heterocycles. The number of benzene rings is 1. The summed E-state index contributed by atoms with van der Waals surface area (Å²) in [5, 5.41) is 9.70.